The number of benzene rings is 1. The Bertz CT molecular complexity index is 349. The summed E-state index contributed by atoms with van der Waals surface area (Å²) in [6.07, 6.45) is 2.14. The third kappa shape index (κ3) is 2.17. The number of rotatable bonds is 2. The van der Waals surface area contributed by atoms with E-state index in [0.29, 0.717) is 5.02 Å². The molecule has 0 fully saturated rings. The molecule has 0 saturated heterocycles. The quantitative estimate of drug-likeness (QED) is 0.735. The Labute approximate surface area is 88.2 Å². The third-order valence-electron chi connectivity index (χ3n) is 2.09. The van der Waals surface area contributed by atoms with Gasteiger partial charge in [0.05, 0.1) is 10.7 Å². The average molecular weight is 210 g/mol. The Kier molecular flexibility index (Phi) is 2.89. The van der Waals surface area contributed by atoms with E-state index in [4.69, 9.17) is 11.6 Å². The molecule has 14 heavy (non-hydrogen) atoms. The van der Waals surface area contributed by atoms with E-state index in [-0.39, 0.29) is 0 Å². The van der Waals surface area contributed by atoms with Crippen molar-refractivity contribution in [1.82, 2.24) is 5.43 Å². The molecule has 1 aliphatic heterocycles. The molecule has 1 aromatic carbocycles. The molecule has 0 aromatic heterocycles. The lowest BCUT2D eigenvalue weighted by molar-refractivity contribution is 0.944. The van der Waals surface area contributed by atoms with E-state index in [1.54, 1.807) is 0 Å². The van der Waals surface area contributed by atoms with E-state index in [1.165, 1.54) is 0 Å². The number of hydrazine groups is 1. The molecule has 1 aromatic rings. The van der Waals surface area contributed by atoms with Gasteiger partial charge in [0, 0.05) is 13.0 Å². The van der Waals surface area contributed by atoms with Crippen molar-refractivity contribution in [3.63, 3.8) is 0 Å². The Morgan fingerprint density at radius 1 is 1.21 bits per heavy atom. The molecule has 1 aliphatic rings. The van der Waals surface area contributed by atoms with Crippen LogP contribution in [-0.2, 0) is 0 Å². The topological polar surface area (TPSA) is 36.4 Å². The van der Waals surface area contributed by atoms with Crippen LogP contribution < -0.4 is 10.9 Å². The number of hydrogen-bond acceptors (Lipinski definition) is 3. The molecule has 3 nitrogen and oxygen atoms in total. The molecule has 0 spiro atoms. The zero-order valence-electron chi connectivity index (χ0n) is 7.76. The molecule has 0 atom stereocenters. The summed E-state index contributed by atoms with van der Waals surface area (Å²) in [5, 5.41) is 0.707. The standard InChI is InChI=1S/C10H12ClN3/c11-8-4-1-2-5-9(8)13-14-10-6-3-7-12-10/h1-2,4-5,13H,3,6-7H2,(H,12,14). The fourth-order valence-corrected chi connectivity index (χ4v) is 1.53. The first kappa shape index (κ1) is 9.34. The van der Waals surface area contributed by atoms with Gasteiger partial charge in [-0.3, -0.25) is 15.8 Å². The van der Waals surface area contributed by atoms with Gasteiger partial charge < -0.3 is 0 Å². The van der Waals surface area contributed by atoms with E-state index in [1.807, 2.05) is 24.3 Å². The van der Waals surface area contributed by atoms with E-state index in [0.717, 1.165) is 30.9 Å². The summed E-state index contributed by atoms with van der Waals surface area (Å²) in [6, 6.07) is 7.61. The maximum absolute atomic E-state index is 5.97. The Balaban J connectivity index is 1.94. The fraction of sp³-hybridized carbons (Fsp3) is 0.300. The largest absolute Gasteiger partial charge is 0.298 e. The molecular formula is C10H12ClN3. The average Bonchev–Trinajstić information content (AvgIpc) is 2.69. The van der Waals surface area contributed by atoms with Crippen molar-refractivity contribution >= 4 is 23.1 Å². The second-order valence-corrected chi connectivity index (χ2v) is 3.57. The number of amidine groups is 1. The fourth-order valence-electron chi connectivity index (χ4n) is 1.34. The van der Waals surface area contributed by atoms with Crippen LogP contribution in [0.15, 0.2) is 29.3 Å². The molecular weight excluding hydrogens is 198 g/mol. The lowest BCUT2D eigenvalue weighted by atomic mass is 10.3. The summed E-state index contributed by atoms with van der Waals surface area (Å²) in [5.74, 6) is 1.00. The van der Waals surface area contributed by atoms with Crippen LogP contribution in [0.1, 0.15) is 12.8 Å². The highest BCUT2D eigenvalue weighted by molar-refractivity contribution is 6.33. The normalized spacial score (nSPS) is 15.1. The molecule has 0 radical (unpaired) electrons. The second-order valence-electron chi connectivity index (χ2n) is 3.16. The number of anilines is 1. The summed E-state index contributed by atoms with van der Waals surface area (Å²) in [7, 11) is 0. The van der Waals surface area contributed by atoms with Crippen LogP contribution in [0.3, 0.4) is 0 Å². The second kappa shape index (κ2) is 4.33. The molecule has 0 unspecified atom stereocenters. The first-order valence-electron chi connectivity index (χ1n) is 4.66. The van der Waals surface area contributed by atoms with Crippen molar-refractivity contribution in [1.29, 1.82) is 0 Å². The molecule has 0 saturated carbocycles. The van der Waals surface area contributed by atoms with E-state index in [9.17, 15) is 0 Å². The molecule has 4 heteroatoms. The lowest BCUT2D eigenvalue weighted by Gasteiger charge is -2.10. The van der Waals surface area contributed by atoms with Gasteiger partial charge in [-0.05, 0) is 18.6 Å². The van der Waals surface area contributed by atoms with Crippen LogP contribution in [0.25, 0.3) is 0 Å². The lowest BCUT2D eigenvalue weighted by Crippen LogP contribution is -2.27. The maximum Gasteiger partial charge on any atom is 0.115 e. The Morgan fingerprint density at radius 2 is 2.07 bits per heavy atom. The SMILES string of the molecule is Clc1ccccc1NNC1=NCCC1. The first-order chi connectivity index (χ1) is 6.86. The van der Waals surface area contributed by atoms with Gasteiger partial charge in [0.1, 0.15) is 5.84 Å². The molecule has 0 amide bonds. The predicted octanol–water partition coefficient (Wildman–Crippen LogP) is 2.45. The summed E-state index contributed by atoms with van der Waals surface area (Å²) >= 11 is 5.97. The van der Waals surface area contributed by atoms with Crippen molar-refractivity contribution in [2.45, 2.75) is 12.8 Å². The summed E-state index contributed by atoms with van der Waals surface area (Å²) in [6.45, 7) is 0.923. The van der Waals surface area contributed by atoms with Crippen LogP contribution in [-0.4, -0.2) is 12.4 Å². The predicted molar refractivity (Wildman–Crippen MR) is 59.7 cm³/mol. The van der Waals surface area contributed by atoms with Gasteiger partial charge in [0.15, 0.2) is 0 Å². The van der Waals surface area contributed by atoms with Crippen molar-refractivity contribution in [2.24, 2.45) is 4.99 Å². The molecule has 1 heterocycles. The van der Waals surface area contributed by atoms with Crippen molar-refractivity contribution < 1.29 is 0 Å². The molecule has 0 bridgehead atoms. The molecule has 0 aliphatic carbocycles. The van der Waals surface area contributed by atoms with Gasteiger partial charge in [-0.15, -0.1) is 0 Å². The monoisotopic (exact) mass is 209 g/mol. The van der Waals surface area contributed by atoms with Gasteiger partial charge in [-0.25, -0.2) is 0 Å². The zero-order chi connectivity index (χ0) is 9.80. The number of halogens is 1. The zero-order valence-corrected chi connectivity index (χ0v) is 8.51. The number of hydrogen-bond donors (Lipinski definition) is 2. The van der Waals surface area contributed by atoms with Gasteiger partial charge in [-0.1, -0.05) is 23.7 Å². The van der Waals surface area contributed by atoms with Crippen molar-refractivity contribution in [3.8, 4) is 0 Å². The smallest absolute Gasteiger partial charge is 0.115 e. The minimum atomic E-state index is 0.707. The van der Waals surface area contributed by atoms with Crippen LogP contribution >= 0.6 is 11.6 Å². The van der Waals surface area contributed by atoms with Crippen molar-refractivity contribution in [3.05, 3.63) is 29.3 Å². The summed E-state index contributed by atoms with van der Waals surface area (Å²) < 4.78 is 0. The molecule has 2 N–H and O–H groups in total. The number of nitrogens with zero attached hydrogens (tertiary/aromatic N) is 1. The Morgan fingerprint density at radius 3 is 2.79 bits per heavy atom. The number of nitrogens with one attached hydrogen (secondary N) is 2. The maximum atomic E-state index is 5.97. The minimum absolute atomic E-state index is 0.707. The highest BCUT2D eigenvalue weighted by Gasteiger charge is 2.05. The number of para-hydroxylation sites is 1. The van der Waals surface area contributed by atoms with Gasteiger partial charge in [0.25, 0.3) is 0 Å². The highest BCUT2D eigenvalue weighted by atomic mass is 35.5. The third-order valence-corrected chi connectivity index (χ3v) is 2.42. The van der Waals surface area contributed by atoms with Crippen LogP contribution in [0.2, 0.25) is 5.02 Å². The Hall–Kier alpha value is -1.22. The van der Waals surface area contributed by atoms with Crippen LogP contribution in [0.5, 0.6) is 0 Å². The van der Waals surface area contributed by atoms with Crippen LogP contribution in [0.4, 0.5) is 5.69 Å². The van der Waals surface area contributed by atoms with E-state index >= 15 is 0 Å². The van der Waals surface area contributed by atoms with Gasteiger partial charge >= 0.3 is 0 Å². The summed E-state index contributed by atoms with van der Waals surface area (Å²) in [5.41, 5.74) is 6.97. The molecule has 74 valence electrons. The van der Waals surface area contributed by atoms with E-state index in [2.05, 4.69) is 15.8 Å². The molecule has 2 rings (SSSR count). The number of aliphatic imine (C=N–C) groups is 1. The highest BCUT2D eigenvalue weighted by Crippen LogP contribution is 2.19. The first-order valence-corrected chi connectivity index (χ1v) is 5.04. The van der Waals surface area contributed by atoms with Gasteiger partial charge in [0.2, 0.25) is 0 Å². The van der Waals surface area contributed by atoms with Crippen LogP contribution in [0, 0.1) is 0 Å². The van der Waals surface area contributed by atoms with E-state index < -0.39 is 0 Å². The van der Waals surface area contributed by atoms with Crippen molar-refractivity contribution in [2.75, 3.05) is 12.0 Å². The minimum Gasteiger partial charge on any atom is -0.298 e. The van der Waals surface area contributed by atoms with Gasteiger partial charge in [-0.2, -0.15) is 0 Å². The summed E-state index contributed by atoms with van der Waals surface area (Å²) in [4.78, 5) is 4.28.